The van der Waals surface area contributed by atoms with Crippen molar-refractivity contribution in [1.82, 2.24) is 0 Å². The zero-order valence-corrected chi connectivity index (χ0v) is 8.14. The van der Waals surface area contributed by atoms with Crippen LogP contribution < -0.4 is 0 Å². The van der Waals surface area contributed by atoms with Crippen LogP contribution >= 0.6 is 11.6 Å². The van der Waals surface area contributed by atoms with Crippen molar-refractivity contribution in [3.8, 4) is 0 Å². The van der Waals surface area contributed by atoms with Crippen molar-refractivity contribution < 1.29 is 9.18 Å². The Labute approximate surface area is 86.2 Å². The Balaban J connectivity index is 2.58. The Hall–Kier alpha value is -1.15. The van der Waals surface area contributed by atoms with E-state index in [9.17, 15) is 9.18 Å². The van der Waals surface area contributed by atoms with Crippen LogP contribution in [-0.2, 0) is 11.2 Å². The molecule has 2 rings (SSSR count). The van der Waals surface area contributed by atoms with Crippen LogP contribution in [0.1, 0.15) is 17.5 Å². The first-order valence-corrected chi connectivity index (χ1v) is 4.73. The van der Waals surface area contributed by atoms with Crippen molar-refractivity contribution in [3.63, 3.8) is 0 Å². The Kier molecular flexibility index (Phi) is 2.38. The maximum absolute atomic E-state index is 12.9. The summed E-state index contributed by atoms with van der Waals surface area (Å²) in [5.41, 5.74) is 2.26. The number of aryl methyl sites for hydroxylation is 1. The standard InChI is InChI=1S/C11H8ClFO/c12-11-8(6-14)2-1-7-5-9(13)3-4-10(7)11/h3-6H,1-2H2. The number of hydrogen-bond donors (Lipinski definition) is 0. The number of aldehydes is 1. The van der Waals surface area contributed by atoms with Gasteiger partial charge in [0.2, 0.25) is 0 Å². The van der Waals surface area contributed by atoms with E-state index in [2.05, 4.69) is 0 Å². The van der Waals surface area contributed by atoms with E-state index >= 15 is 0 Å². The highest BCUT2D eigenvalue weighted by atomic mass is 35.5. The van der Waals surface area contributed by atoms with Gasteiger partial charge in [-0.3, -0.25) is 4.79 Å². The fraction of sp³-hybridized carbons (Fsp3) is 0.182. The van der Waals surface area contributed by atoms with Crippen LogP contribution in [0, 0.1) is 5.82 Å². The second-order valence-electron chi connectivity index (χ2n) is 3.26. The molecule has 1 aromatic carbocycles. The van der Waals surface area contributed by atoms with E-state index in [-0.39, 0.29) is 5.82 Å². The summed E-state index contributed by atoms with van der Waals surface area (Å²) >= 11 is 5.99. The van der Waals surface area contributed by atoms with Crippen molar-refractivity contribution in [1.29, 1.82) is 0 Å². The van der Waals surface area contributed by atoms with Crippen LogP contribution in [0.5, 0.6) is 0 Å². The van der Waals surface area contributed by atoms with Crippen LogP contribution in [0.4, 0.5) is 4.39 Å². The van der Waals surface area contributed by atoms with Gasteiger partial charge in [0.05, 0.1) is 5.03 Å². The monoisotopic (exact) mass is 210 g/mol. The topological polar surface area (TPSA) is 17.1 Å². The van der Waals surface area contributed by atoms with Crippen molar-refractivity contribution >= 4 is 22.9 Å². The van der Waals surface area contributed by atoms with Gasteiger partial charge in [-0.2, -0.15) is 0 Å². The van der Waals surface area contributed by atoms with Crippen LogP contribution in [0.3, 0.4) is 0 Å². The van der Waals surface area contributed by atoms with Gasteiger partial charge in [0, 0.05) is 5.57 Å². The van der Waals surface area contributed by atoms with Gasteiger partial charge in [0.15, 0.2) is 0 Å². The van der Waals surface area contributed by atoms with Crippen molar-refractivity contribution in [2.75, 3.05) is 0 Å². The molecular weight excluding hydrogens is 203 g/mol. The minimum Gasteiger partial charge on any atom is -0.298 e. The molecule has 0 unspecified atom stereocenters. The largest absolute Gasteiger partial charge is 0.298 e. The van der Waals surface area contributed by atoms with Gasteiger partial charge in [-0.15, -0.1) is 0 Å². The van der Waals surface area contributed by atoms with Gasteiger partial charge in [0.25, 0.3) is 0 Å². The zero-order chi connectivity index (χ0) is 10.1. The number of fused-ring (bicyclic) bond motifs is 1. The molecule has 3 heteroatoms. The molecule has 0 saturated carbocycles. The first-order valence-electron chi connectivity index (χ1n) is 4.35. The third-order valence-electron chi connectivity index (χ3n) is 2.39. The molecule has 0 fully saturated rings. The Morgan fingerprint density at radius 1 is 1.36 bits per heavy atom. The maximum atomic E-state index is 12.9. The van der Waals surface area contributed by atoms with Gasteiger partial charge in [0.1, 0.15) is 12.1 Å². The summed E-state index contributed by atoms with van der Waals surface area (Å²) in [7, 11) is 0. The average Bonchev–Trinajstić information content (AvgIpc) is 2.18. The predicted octanol–water partition coefficient (Wildman–Crippen LogP) is 2.92. The van der Waals surface area contributed by atoms with E-state index in [1.54, 1.807) is 6.07 Å². The molecule has 14 heavy (non-hydrogen) atoms. The van der Waals surface area contributed by atoms with Crippen LogP contribution in [-0.4, -0.2) is 6.29 Å². The Bertz CT molecular complexity index is 423. The lowest BCUT2D eigenvalue weighted by Crippen LogP contribution is -2.03. The molecular formula is C11H8ClFO. The molecule has 0 heterocycles. The molecule has 0 atom stereocenters. The lowest BCUT2D eigenvalue weighted by molar-refractivity contribution is -0.105. The fourth-order valence-electron chi connectivity index (χ4n) is 1.65. The molecule has 0 aliphatic heterocycles. The summed E-state index contributed by atoms with van der Waals surface area (Å²) in [5, 5.41) is 0.459. The zero-order valence-electron chi connectivity index (χ0n) is 7.39. The first kappa shape index (κ1) is 9.41. The van der Waals surface area contributed by atoms with E-state index in [1.165, 1.54) is 12.1 Å². The summed E-state index contributed by atoms with van der Waals surface area (Å²) in [6, 6.07) is 4.45. The molecule has 1 aliphatic rings. The summed E-state index contributed by atoms with van der Waals surface area (Å²) < 4.78 is 12.9. The SMILES string of the molecule is O=CC1=C(Cl)c2ccc(F)cc2CC1. The molecule has 0 amide bonds. The van der Waals surface area contributed by atoms with Gasteiger partial charge < -0.3 is 0 Å². The van der Waals surface area contributed by atoms with Gasteiger partial charge in [-0.25, -0.2) is 4.39 Å². The summed E-state index contributed by atoms with van der Waals surface area (Å²) in [4.78, 5) is 10.6. The molecule has 1 aliphatic carbocycles. The number of hydrogen-bond acceptors (Lipinski definition) is 1. The Morgan fingerprint density at radius 3 is 2.86 bits per heavy atom. The second kappa shape index (κ2) is 3.54. The number of benzene rings is 1. The smallest absolute Gasteiger partial charge is 0.147 e. The lowest BCUT2D eigenvalue weighted by Gasteiger charge is -2.16. The lowest BCUT2D eigenvalue weighted by atomic mass is 9.92. The Morgan fingerprint density at radius 2 is 2.14 bits per heavy atom. The highest BCUT2D eigenvalue weighted by Crippen LogP contribution is 2.33. The summed E-state index contributed by atoms with van der Waals surface area (Å²) in [5.74, 6) is -0.261. The fourth-order valence-corrected chi connectivity index (χ4v) is 1.97. The number of allylic oxidation sites excluding steroid dienone is 1. The molecule has 72 valence electrons. The second-order valence-corrected chi connectivity index (χ2v) is 3.64. The van der Waals surface area contributed by atoms with Gasteiger partial charge in [-0.05, 0) is 36.1 Å². The minimum absolute atomic E-state index is 0.261. The van der Waals surface area contributed by atoms with E-state index in [0.29, 0.717) is 23.4 Å². The summed E-state index contributed by atoms with van der Waals surface area (Å²) in [6.45, 7) is 0. The molecule has 0 radical (unpaired) electrons. The van der Waals surface area contributed by atoms with E-state index < -0.39 is 0 Å². The van der Waals surface area contributed by atoms with E-state index in [1.807, 2.05) is 0 Å². The highest BCUT2D eigenvalue weighted by Gasteiger charge is 2.17. The van der Waals surface area contributed by atoms with Crippen LogP contribution in [0.25, 0.3) is 5.03 Å². The quantitative estimate of drug-likeness (QED) is 0.652. The molecule has 0 saturated heterocycles. The van der Waals surface area contributed by atoms with Crippen molar-refractivity contribution in [3.05, 3.63) is 40.7 Å². The molecule has 0 N–H and O–H groups in total. The minimum atomic E-state index is -0.261. The molecule has 0 spiro atoms. The van der Waals surface area contributed by atoms with Crippen molar-refractivity contribution in [2.24, 2.45) is 0 Å². The number of carbonyl (C=O) groups excluding carboxylic acids is 1. The molecule has 0 aromatic heterocycles. The van der Waals surface area contributed by atoms with E-state index in [4.69, 9.17) is 11.6 Å². The van der Waals surface area contributed by atoms with Gasteiger partial charge >= 0.3 is 0 Å². The summed E-state index contributed by atoms with van der Waals surface area (Å²) in [6.07, 6.45) is 2.05. The average molecular weight is 211 g/mol. The first-order chi connectivity index (χ1) is 6.72. The highest BCUT2D eigenvalue weighted by molar-refractivity contribution is 6.50. The van der Waals surface area contributed by atoms with Gasteiger partial charge in [-0.1, -0.05) is 17.7 Å². The normalized spacial score (nSPS) is 15.3. The van der Waals surface area contributed by atoms with E-state index in [0.717, 1.165) is 17.4 Å². The molecule has 1 nitrogen and oxygen atoms in total. The third-order valence-corrected chi connectivity index (χ3v) is 2.84. The number of carbonyl (C=O) groups is 1. The molecule has 0 bridgehead atoms. The number of halogens is 2. The number of rotatable bonds is 1. The predicted molar refractivity (Wildman–Crippen MR) is 53.6 cm³/mol. The third kappa shape index (κ3) is 1.46. The van der Waals surface area contributed by atoms with Crippen molar-refractivity contribution in [2.45, 2.75) is 12.8 Å². The maximum Gasteiger partial charge on any atom is 0.147 e. The van der Waals surface area contributed by atoms with Crippen LogP contribution in [0.15, 0.2) is 23.8 Å². The van der Waals surface area contributed by atoms with Crippen LogP contribution in [0.2, 0.25) is 0 Å². The molecule has 1 aromatic rings.